The molecule has 0 saturated carbocycles. The average Bonchev–Trinajstić information content (AvgIpc) is 2.96. The van der Waals surface area contributed by atoms with Crippen molar-refractivity contribution in [3.8, 4) is 0 Å². The summed E-state index contributed by atoms with van der Waals surface area (Å²) in [5.41, 5.74) is -0.258. The lowest BCUT2D eigenvalue weighted by molar-refractivity contribution is -0.116. The maximum atomic E-state index is 12.8. The number of halogens is 1. The number of amides is 1. The van der Waals surface area contributed by atoms with Crippen LogP contribution in [0.2, 0.25) is 5.15 Å². The quantitative estimate of drug-likeness (QED) is 0.524. The molecule has 0 atom stereocenters. The first kappa shape index (κ1) is 18.6. The second-order valence-corrected chi connectivity index (χ2v) is 5.86. The Kier molecular flexibility index (Phi) is 5.22. The Morgan fingerprint density at radius 3 is 2.85 bits per heavy atom. The van der Waals surface area contributed by atoms with Crippen LogP contribution in [0.3, 0.4) is 0 Å². The van der Waals surface area contributed by atoms with E-state index in [2.05, 4.69) is 15.3 Å². The summed E-state index contributed by atoms with van der Waals surface area (Å²) >= 11 is 5.90. The maximum Gasteiger partial charge on any atom is 0.342 e. The number of hydrogen-bond donors (Lipinski definition) is 1. The van der Waals surface area contributed by atoms with Gasteiger partial charge in [-0.3, -0.25) is 14.2 Å². The van der Waals surface area contributed by atoms with E-state index in [1.807, 2.05) is 0 Å². The maximum absolute atomic E-state index is 12.8. The number of anilines is 1. The van der Waals surface area contributed by atoms with Gasteiger partial charge in [-0.2, -0.15) is 0 Å². The van der Waals surface area contributed by atoms with Crippen LogP contribution in [0.15, 0.2) is 33.9 Å². The average molecular weight is 391 g/mol. The standard InChI is InChI=1S/C17H15ClN4O5/c1-3-26-17(25)12-9(2)27-15-13(12)16(24)22(8-20-15)7-11(23)21-10-5-4-6-19-14(10)18/h4-6,8H,3,7H2,1-2H3,(H,21,23). The Morgan fingerprint density at radius 2 is 2.15 bits per heavy atom. The highest BCUT2D eigenvalue weighted by Crippen LogP contribution is 2.22. The number of esters is 1. The Morgan fingerprint density at radius 1 is 1.37 bits per heavy atom. The van der Waals surface area contributed by atoms with E-state index in [1.165, 1.54) is 19.4 Å². The van der Waals surface area contributed by atoms with Gasteiger partial charge >= 0.3 is 5.97 Å². The minimum atomic E-state index is -0.683. The molecule has 3 heterocycles. The Bertz CT molecular complexity index is 1090. The smallest absolute Gasteiger partial charge is 0.342 e. The molecule has 0 aliphatic carbocycles. The van der Waals surface area contributed by atoms with Crippen molar-refractivity contribution in [2.75, 3.05) is 11.9 Å². The zero-order valence-electron chi connectivity index (χ0n) is 14.5. The highest BCUT2D eigenvalue weighted by molar-refractivity contribution is 6.32. The molecule has 0 bridgehead atoms. The molecule has 0 aliphatic heterocycles. The number of fused-ring (bicyclic) bond motifs is 1. The lowest BCUT2D eigenvalue weighted by Gasteiger charge is -2.08. The molecule has 3 aromatic heterocycles. The van der Waals surface area contributed by atoms with Crippen molar-refractivity contribution in [1.29, 1.82) is 0 Å². The molecule has 140 valence electrons. The van der Waals surface area contributed by atoms with Gasteiger partial charge in [-0.25, -0.2) is 14.8 Å². The summed E-state index contributed by atoms with van der Waals surface area (Å²) in [7, 11) is 0. The Balaban J connectivity index is 1.94. The van der Waals surface area contributed by atoms with Gasteiger partial charge < -0.3 is 14.5 Å². The van der Waals surface area contributed by atoms with Crippen molar-refractivity contribution in [1.82, 2.24) is 14.5 Å². The zero-order chi connectivity index (χ0) is 19.6. The van der Waals surface area contributed by atoms with Crippen LogP contribution in [-0.2, 0) is 16.1 Å². The summed E-state index contributed by atoms with van der Waals surface area (Å²) in [5, 5.41) is 2.66. The molecule has 9 nitrogen and oxygen atoms in total. The summed E-state index contributed by atoms with van der Waals surface area (Å²) in [5.74, 6) is -0.972. The van der Waals surface area contributed by atoms with Gasteiger partial charge in [0, 0.05) is 6.20 Å². The molecular formula is C17H15ClN4O5. The second-order valence-electron chi connectivity index (χ2n) is 5.50. The van der Waals surface area contributed by atoms with Crippen LogP contribution in [0.1, 0.15) is 23.0 Å². The third-order valence-corrected chi connectivity index (χ3v) is 3.98. The molecule has 0 unspecified atom stereocenters. The predicted octanol–water partition coefficient (Wildman–Crippen LogP) is 2.16. The first-order chi connectivity index (χ1) is 12.9. The normalized spacial score (nSPS) is 10.8. The van der Waals surface area contributed by atoms with Gasteiger partial charge in [0.2, 0.25) is 11.6 Å². The van der Waals surface area contributed by atoms with Crippen LogP contribution >= 0.6 is 11.6 Å². The summed E-state index contributed by atoms with van der Waals surface area (Å²) < 4.78 is 11.4. The lowest BCUT2D eigenvalue weighted by Crippen LogP contribution is -2.28. The first-order valence-corrected chi connectivity index (χ1v) is 8.36. The number of nitrogens with one attached hydrogen (secondary N) is 1. The van der Waals surface area contributed by atoms with E-state index in [0.29, 0.717) is 5.69 Å². The largest absolute Gasteiger partial charge is 0.462 e. The van der Waals surface area contributed by atoms with Crippen molar-refractivity contribution < 1.29 is 18.7 Å². The molecule has 0 radical (unpaired) electrons. The van der Waals surface area contributed by atoms with Gasteiger partial charge in [-0.1, -0.05) is 11.6 Å². The number of pyridine rings is 1. The Labute approximate surface area is 157 Å². The summed E-state index contributed by atoms with van der Waals surface area (Å²) in [6.45, 7) is 3.00. The van der Waals surface area contributed by atoms with Crippen molar-refractivity contribution in [3.63, 3.8) is 0 Å². The molecule has 0 spiro atoms. The number of carbonyl (C=O) groups excluding carboxylic acids is 2. The third kappa shape index (κ3) is 3.68. The van der Waals surface area contributed by atoms with Gasteiger partial charge in [0.05, 0.1) is 12.3 Å². The fourth-order valence-electron chi connectivity index (χ4n) is 2.52. The number of ether oxygens (including phenoxy) is 1. The molecular weight excluding hydrogens is 376 g/mol. The van der Waals surface area contributed by atoms with Gasteiger partial charge in [-0.15, -0.1) is 0 Å². The van der Waals surface area contributed by atoms with Gasteiger partial charge in [-0.05, 0) is 26.0 Å². The second kappa shape index (κ2) is 7.58. The summed E-state index contributed by atoms with van der Waals surface area (Å²) in [4.78, 5) is 45.0. The van der Waals surface area contributed by atoms with Crippen molar-refractivity contribution in [2.45, 2.75) is 20.4 Å². The number of carbonyl (C=O) groups is 2. The van der Waals surface area contributed by atoms with E-state index >= 15 is 0 Å². The van der Waals surface area contributed by atoms with E-state index in [-0.39, 0.29) is 40.7 Å². The molecule has 0 fully saturated rings. The number of aromatic nitrogens is 3. The van der Waals surface area contributed by atoms with Crippen LogP contribution in [-0.4, -0.2) is 33.0 Å². The minimum Gasteiger partial charge on any atom is -0.462 e. The number of rotatable bonds is 5. The van der Waals surface area contributed by atoms with Crippen molar-refractivity contribution >= 4 is 40.3 Å². The third-order valence-electron chi connectivity index (χ3n) is 3.68. The SMILES string of the molecule is CCOC(=O)c1c(C)oc2ncn(CC(=O)Nc3cccnc3Cl)c(=O)c12. The molecule has 1 N–H and O–H groups in total. The molecule has 10 heteroatoms. The monoisotopic (exact) mass is 390 g/mol. The highest BCUT2D eigenvalue weighted by Gasteiger charge is 2.24. The molecule has 3 rings (SSSR count). The van der Waals surface area contributed by atoms with Crippen molar-refractivity contribution in [2.24, 2.45) is 0 Å². The van der Waals surface area contributed by atoms with Crippen LogP contribution in [0.5, 0.6) is 0 Å². The van der Waals surface area contributed by atoms with Crippen LogP contribution in [0.4, 0.5) is 5.69 Å². The van der Waals surface area contributed by atoms with Gasteiger partial charge in [0.25, 0.3) is 5.56 Å². The lowest BCUT2D eigenvalue weighted by atomic mass is 10.2. The van der Waals surface area contributed by atoms with Crippen LogP contribution < -0.4 is 10.9 Å². The first-order valence-electron chi connectivity index (χ1n) is 7.98. The van der Waals surface area contributed by atoms with Crippen LogP contribution in [0, 0.1) is 6.92 Å². The number of aryl methyl sites for hydroxylation is 1. The van der Waals surface area contributed by atoms with E-state index < -0.39 is 17.4 Å². The summed E-state index contributed by atoms with van der Waals surface area (Å²) in [6, 6.07) is 3.19. The van der Waals surface area contributed by atoms with Gasteiger partial charge in [0.15, 0.2) is 5.15 Å². The van der Waals surface area contributed by atoms with E-state index in [0.717, 1.165) is 4.57 Å². The van der Waals surface area contributed by atoms with Crippen molar-refractivity contribution in [3.05, 3.63) is 51.5 Å². The van der Waals surface area contributed by atoms with E-state index in [4.69, 9.17) is 20.8 Å². The van der Waals surface area contributed by atoms with Gasteiger partial charge in [0.1, 0.15) is 29.6 Å². The molecule has 3 aromatic rings. The predicted molar refractivity (Wildman–Crippen MR) is 96.8 cm³/mol. The molecule has 0 saturated heterocycles. The number of nitrogens with zero attached hydrogens (tertiary/aromatic N) is 3. The fourth-order valence-corrected chi connectivity index (χ4v) is 2.69. The zero-order valence-corrected chi connectivity index (χ0v) is 15.2. The number of furan rings is 1. The van der Waals surface area contributed by atoms with E-state index in [1.54, 1.807) is 19.1 Å². The molecule has 1 amide bonds. The summed E-state index contributed by atoms with van der Waals surface area (Å²) in [6.07, 6.45) is 2.66. The molecule has 0 aromatic carbocycles. The molecule has 27 heavy (non-hydrogen) atoms. The highest BCUT2D eigenvalue weighted by atomic mass is 35.5. The van der Waals surface area contributed by atoms with E-state index in [9.17, 15) is 14.4 Å². The molecule has 0 aliphatic rings. The number of hydrogen-bond acceptors (Lipinski definition) is 7. The fraction of sp³-hybridized carbons (Fsp3) is 0.235. The van der Waals surface area contributed by atoms with Crippen LogP contribution in [0.25, 0.3) is 11.1 Å². The Hall–Kier alpha value is -3.20. The minimum absolute atomic E-state index is 0.00696. The topological polar surface area (TPSA) is 116 Å².